The SMILES string of the molecule is Cc1cnc([C@H]2CCC[C@@H](c3ncc(C)cc3C)N2C/C=C\CN)c(C)c1. The second-order valence-corrected chi connectivity index (χ2v) is 7.80. The van der Waals surface area contributed by atoms with Crippen LogP contribution in [0.2, 0.25) is 0 Å². The van der Waals surface area contributed by atoms with Crippen LogP contribution in [0.25, 0.3) is 0 Å². The molecule has 1 fully saturated rings. The van der Waals surface area contributed by atoms with E-state index in [0.29, 0.717) is 18.6 Å². The Morgan fingerprint density at radius 3 is 1.89 bits per heavy atom. The predicted molar refractivity (Wildman–Crippen MR) is 112 cm³/mol. The van der Waals surface area contributed by atoms with Crippen LogP contribution >= 0.6 is 0 Å². The molecule has 1 aliphatic rings. The molecule has 2 N–H and O–H groups in total. The van der Waals surface area contributed by atoms with Crippen LogP contribution in [0.1, 0.15) is 65.0 Å². The minimum absolute atomic E-state index is 0.314. The molecular formula is C23H32N4. The maximum atomic E-state index is 5.69. The minimum atomic E-state index is 0.314. The summed E-state index contributed by atoms with van der Waals surface area (Å²) in [5.41, 5.74) is 13.1. The zero-order valence-electron chi connectivity index (χ0n) is 17.1. The van der Waals surface area contributed by atoms with Gasteiger partial charge in [-0.15, -0.1) is 0 Å². The quantitative estimate of drug-likeness (QED) is 0.794. The number of pyridine rings is 2. The predicted octanol–water partition coefficient (Wildman–Crippen LogP) is 4.49. The molecule has 0 radical (unpaired) electrons. The van der Waals surface area contributed by atoms with Crippen molar-refractivity contribution in [1.29, 1.82) is 0 Å². The van der Waals surface area contributed by atoms with E-state index in [1.165, 1.54) is 40.1 Å². The Labute approximate surface area is 163 Å². The molecule has 2 aromatic rings. The Bertz CT molecular complexity index is 753. The second kappa shape index (κ2) is 8.77. The molecule has 0 aliphatic carbocycles. The fourth-order valence-corrected chi connectivity index (χ4v) is 4.34. The van der Waals surface area contributed by atoms with Gasteiger partial charge < -0.3 is 5.73 Å². The topological polar surface area (TPSA) is 55.0 Å². The third-order valence-electron chi connectivity index (χ3n) is 5.52. The van der Waals surface area contributed by atoms with E-state index in [2.05, 4.69) is 50.8 Å². The van der Waals surface area contributed by atoms with Crippen molar-refractivity contribution in [3.63, 3.8) is 0 Å². The summed E-state index contributed by atoms with van der Waals surface area (Å²) >= 11 is 0. The Kier molecular flexibility index (Phi) is 6.40. The highest BCUT2D eigenvalue weighted by molar-refractivity contribution is 5.29. The first-order chi connectivity index (χ1) is 13.0. The molecule has 0 saturated carbocycles. The molecule has 0 spiro atoms. The minimum Gasteiger partial charge on any atom is -0.327 e. The van der Waals surface area contributed by atoms with Crippen molar-refractivity contribution in [1.82, 2.24) is 14.9 Å². The van der Waals surface area contributed by atoms with E-state index in [-0.39, 0.29) is 0 Å². The van der Waals surface area contributed by atoms with Crippen molar-refractivity contribution >= 4 is 0 Å². The molecule has 2 atom stereocenters. The molecule has 1 saturated heterocycles. The molecule has 27 heavy (non-hydrogen) atoms. The van der Waals surface area contributed by atoms with E-state index in [1.54, 1.807) is 0 Å². The van der Waals surface area contributed by atoms with Gasteiger partial charge >= 0.3 is 0 Å². The van der Waals surface area contributed by atoms with Crippen molar-refractivity contribution in [2.45, 2.75) is 59.0 Å². The smallest absolute Gasteiger partial charge is 0.0605 e. The van der Waals surface area contributed by atoms with Gasteiger partial charge in [-0.2, -0.15) is 0 Å². The summed E-state index contributed by atoms with van der Waals surface area (Å²) in [5, 5.41) is 0. The highest BCUT2D eigenvalue weighted by Gasteiger charge is 2.34. The Morgan fingerprint density at radius 2 is 1.44 bits per heavy atom. The first kappa shape index (κ1) is 19.7. The van der Waals surface area contributed by atoms with Crippen LogP contribution in [-0.2, 0) is 0 Å². The highest BCUT2D eigenvalue weighted by atomic mass is 15.2. The van der Waals surface area contributed by atoms with Crippen molar-refractivity contribution in [2.24, 2.45) is 5.73 Å². The molecule has 0 bridgehead atoms. The Balaban J connectivity index is 2.00. The van der Waals surface area contributed by atoms with Crippen molar-refractivity contribution in [3.05, 3.63) is 70.3 Å². The molecule has 144 valence electrons. The first-order valence-electron chi connectivity index (χ1n) is 9.98. The first-order valence-corrected chi connectivity index (χ1v) is 9.98. The lowest BCUT2D eigenvalue weighted by molar-refractivity contribution is 0.0901. The van der Waals surface area contributed by atoms with Crippen molar-refractivity contribution in [2.75, 3.05) is 13.1 Å². The van der Waals surface area contributed by atoms with Gasteiger partial charge in [0.25, 0.3) is 0 Å². The molecule has 3 heterocycles. The Hall–Kier alpha value is -2.04. The van der Waals surface area contributed by atoms with Crippen LogP contribution in [0, 0.1) is 27.7 Å². The molecule has 2 aromatic heterocycles. The van der Waals surface area contributed by atoms with Gasteiger partial charge in [-0.1, -0.05) is 24.3 Å². The lowest BCUT2D eigenvalue weighted by Gasteiger charge is -2.42. The van der Waals surface area contributed by atoms with Crippen LogP contribution in [0.3, 0.4) is 0 Å². The second-order valence-electron chi connectivity index (χ2n) is 7.80. The van der Waals surface area contributed by atoms with Crippen LogP contribution < -0.4 is 5.73 Å². The van der Waals surface area contributed by atoms with E-state index in [0.717, 1.165) is 19.4 Å². The largest absolute Gasteiger partial charge is 0.327 e. The summed E-state index contributed by atoms with van der Waals surface area (Å²) in [7, 11) is 0. The number of nitrogens with two attached hydrogens (primary N) is 1. The van der Waals surface area contributed by atoms with Gasteiger partial charge in [-0.25, -0.2) is 0 Å². The fraction of sp³-hybridized carbons (Fsp3) is 0.478. The van der Waals surface area contributed by atoms with Gasteiger partial charge in [0, 0.05) is 25.5 Å². The summed E-state index contributed by atoms with van der Waals surface area (Å²) in [5.74, 6) is 0. The third-order valence-corrected chi connectivity index (χ3v) is 5.52. The van der Waals surface area contributed by atoms with E-state index in [9.17, 15) is 0 Å². The van der Waals surface area contributed by atoms with Gasteiger partial charge in [-0.05, 0) is 69.2 Å². The zero-order chi connectivity index (χ0) is 19.4. The van der Waals surface area contributed by atoms with E-state index >= 15 is 0 Å². The molecule has 0 unspecified atom stereocenters. The molecule has 4 heteroatoms. The number of aromatic nitrogens is 2. The molecule has 3 rings (SSSR count). The number of rotatable bonds is 5. The average Bonchev–Trinajstić information content (AvgIpc) is 2.63. The van der Waals surface area contributed by atoms with Crippen LogP contribution in [0.5, 0.6) is 0 Å². The van der Waals surface area contributed by atoms with Crippen LogP contribution in [0.15, 0.2) is 36.7 Å². The summed E-state index contributed by atoms with van der Waals surface area (Å²) in [6.07, 6.45) is 11.7. The number of hydrogen-bond acceptors (Lipinski definition) is 4. The molecule has 0 aromatic carbocycles. The van der Waals surface area contributed by atoms with Crippen LogP contribution in [0.4, 0.5) is 0 Å². The van der Waals surface area contributed by atoms with E-state index < -0.39 is 0 Å². The number of hydrogen-bond donors (Lipinski definition) is 1. The fourth-order valence-electron chi connectivity index (χ4n) is 4.34. The van der Waals surface area contributed by atoms with Gasteiger partial charge in [0.2, 0.25) is 0 Å². The number of aryl methyl sites for hydroxylation is 4. The zero-order valence-corrected chi connectivity index (χ0v) is 17.1. The lowest BCUT2D eigenvalue weighted by Crippen LogP contribution is -2.38. The highest BCUT2D eigenvalue weighted by Crippen LogP contribution is 2.42. The van der Waals surface area contributed by atoms with Gasteiger partial charge in [-0.3, -0.25) is 14.9 Å². The lowest BCUT2D eigenvalue weighted by atomic mass is 9.88. The van der Waals surface area contributed by atoms with Gasteiger partial charge in [0.05, 0.1) is 23.5 Å². The number of nitrogens with zero attached hydrogens (tertiary/aromatic N) is 3. The maximum absolute atomic E-state index is 5.69. The standard InChI is InChI=1S/C23H32N4/c1-16-12-18(3)22(25-14-16)20-8-7-9-21(27(20)11-6-5-10-24)23-19(4)13-17(2)15-26-23/h5-6,12-15,20-21H,7-11,24H2,1-4H3/b6-5-/t20-,21+. The summed E-state index contributed by atoms with van der Waals surface area (Å²) in [6, 6.07) is 5.12. The molecule has 4 nitrogen and oxygen atoms in total. The summed E-state index contributed by atoms with van der Waals surface area (Å²) in [6.45, 7) is 10.0. The van der Waals surface area contributed by atoms with Crippen molar-refractivity contribution in [3.8, 4) is 0 Å². The summed E-state index contributed by atoms with van der Waals surface area (Å²) < 4.78 is 0. The number of piperidine rings is 1. The summed E-state index contributed by atoms with van der Waals surface area (Å²) in [4.78, 5) is 12.2. The molecular weight excluding hydrogens is 332 g/mol. The maximum Gasteiger partial charge on any atom is 0.0605 e. The third kappa shape index (κ3) is 4.45. The number of likely N-dealkylation sites (tertiary alicyclic amines) is 1. The van der Waals surface area contributed by atoms with Crippen LogP contribution in [-0.4, -0.2) is 28.0 Å². The monoisotopic (exact) mass is 364 g/mol. The normalized spacial score (nSPS) is 21.1. The van der Waals surface area contributed by atoms with E-state index in [4.69, 9.17) is 15.7 Å². The Morgan fingerprint density at radius 1 is 0.926 bits per heavy atom. The average molecular weight is 365 g/mol. The molecule has 1 aliphatic heterocycles. The van der Waals surface area contributed by atoms with E-state index in [1.807, 2.05) is 18.5 Å². The van der Waals surface area contributed by atoms with Gasteiger partial charge in [0.1, 0.15) is 0 Å². The van der Waals surface area contributed by atoms with Gasteiger partial charge in [0.15, 0.2) is 0 Å². The molecule has 0 amide bonds. The van der Waals surface area contributed by atoms with Crippen molar-refractivity contribution < 1.29 is 0 Å².